The van der Waals surface area contributed by atoms with E-state index in [0.29, 0.717) is 18.7 Å². The molecule has 1 fully saturated rings. The van der Waals surface area contributed by atoms with Crippen LogP contribution in [0.4, 0.5) is 4.39 Å². The van der Waals surface area contributed by atoms with Crippen LogP contribution < -0.4 is 0 Å². The van der Waals surface area contributed by atoms with Crippen molar-refractivity contribution >= 4 is 11.7 Å². The summed E-state index contributed by atoms with van der Waals surface area (Å²) in [5.41, 5.74) is 0.432. The summed E-state index contributed by atoms with van der Waals surface area (Å²) in [7, 11) is 0. The van der Waals surface area contributed by atoms with E-state index in [2.05, 4.69) is 15.2 Å². The molecule has 1 amide bonds. The molecule has 1 N–H and O–H groups in total. The lowest BCUT2D eigenvalue weighted by Crippen LogP contribution is -2.39. The molecule has 1 atom stereocenters. The van der Waals surface area contributed by atoms with Crippen LogP contribution in [0.1, 0.15) is 53.6 Å². The number of Topliss-reactive ketones (excluding diaryl/α,β-unsaturated/α-hetero) is 1. The van der Waals surface area contributed by atoms with Crippen molar-refractivity contribution in [3.8, 4) is 0 Å². The first-order valence-electron chi connectivity index (χ1n) is 8.48. The van der Waals surface area contributed by atoms with E-state index < -0.39 is 0 Å². The van der Waals surface area contributed by atoms with Gasteiger partial charge in [0.15, 0.2) is 11.6 Å². The Morgan fingerprint density at radius 3 is 2.72 bits per heavy atom. The number of aryl methyl sites for hydroxylation is 1. The van der Waals surface area contributed by atoms with Gasteiger partial charge in [-0.3, -0.25) is 14.7 Å². The molecule has 6 nitrogen and oxygen atoms in total. The Kier molecular flexibility index (Phi) is 5.21. The Labute approximate surface area is 145 Å². The van der Waals surface area contributed by atoms with Gasteiger partial charge in [0.1, 0.15) is 11.6 Å². The molecular formula is C18H21FN4O2. The third-order valence-electron chi connectivity index (χ3n) is 4.49. The Morgan fingerprint density at radius 1 is 1.28 bits per heavy atom. The lowest BCUT2D eigenvalue weighted by Gasteiger charge is -2.31. The number of aromatic amines is 1. The predicted octanol–water partition coefficient (Wildman–Crippen LogP) is 2.62. The van der Waals surface area contributed by atoms with Gasteiger partial charge in [-0.1, -0.05) is 0 Å². The molecule has 7 heteroatoms. The first-order valence-corrected chi connectivity index (χ1v) is 8.48. The van der Waals surface area contributed by atoms with Gasteiger partial charge in [0.2, 0.25) is 5.91 Å². The minimum Gasteiger partial charge on any atom is -0.342 e. The average molecular weight is 344 g/mol. The molecule has 1 aromatic heterocycles. The maximum absolute atomic E-state index is 12.9. The second-order valence-electron chi connectivity index (χ2n) is 6.39. The van der Waals surface area contributed by atoms with Crippen molar-refractivity contribution in [1.29, 1.82) is 0 Å². The molecule has 1 unspecified atom stereocenters. The topological polar surface area (TPSA) is 79.0 Å². The number of H-pyrrole nitrogens is 1. The Balaban J connectivity index is 1.54. The fourth-order valence-corrected chi connectivity index (χ4v) is 3.12. The first kappa shape index (κ1) is 17.3. The number of amides is 1. The predicted molar refractivity (Wildman–Crippen MR) is 89.6 cm³/mol. The normalized spacial score (nSPS) is 17.5. The number of aromatic nitrogens is 3. The number of carbonyl (C=O) groups excluding carboxylic acids is 2. The number of likely N-dealkylation sites (tertiary alicyclic amines) is 1. The van der Waals surface area contributed by atoms with Gasteiger partial charge in [-0.15, -0.1) is 0 Å². The minimum absolute atomic E-state index is 0.0348. The fraction of sp³-hybridized carbons (Fsp3) is 0.444. The van der Waals surface area contributed by atoms with Crippen LogP contribution in [-0.2, 0) is 4.79 Å². The second-order valence-corrected chi connectivity index (χ2v) is 6.39. The fourth-order valence-electron chi connectivity index (χ4n) is 3.12. The van der Waals surface area contributed by atoms with Crippen LogP contribution in [0, 0.1) is 12.7 Å². The van der Waals surface area contributed by atoms with E-state index in [9.17, 15) is 14.0 Å². The van der Waals surface area contributed by atoms with Crippen LogP contribution in [0.15, 0.2) is 24.3 Å². The highest BCUT2D eigenvalue weighted by atomic mass is 19.1. The monoisotopic (exact) mass is 344 g/mol. The molecule has 2 heterocycles. The maximum Gasteiger partial charge on any atom is 0.223 e. The van der Waals surface area contributed by atoms with Crippen LogP contribution >= 0.6 is 0 Å². The highest BCUT2D eigenvalue weighted by Gasteiger charge is 2.27. The largest absolute Gasteiger partial charge is 0.342 e. The van der Waals surface area contributed by atoms with Crippen molar-refractivity contribution in [3.63, 3.8) is 0 Å². The van der Waals surface area contributed by atoms with Gasteiger partial charge in [-0.25, -0.2) is 9.37 Å². The van der Waals surface area contributed by atoms with Crippen molar-refractivity contribution in [1.82, 2.24) is 20.1 Å². The Morgan fingerprint density at radius 2 is 2.04 bits per heavy atom. The van der Waals surface area contributed by atoms with E-state index in [4.69, 9.17) is 0 Å². The van der Waals surface area contributed by atoms with Crippen LogP contribution in [0.25, 0.3) is 0 Å². The Bertz CT molecular complexity index is 757. The minimum atomic E-state index is -0.380. The number of nitrogens with one attached hydrogen (secondary N) is 1. The van der Waals surface area contributed by atoms with E-state index in [-0.39, 0.29) is 36.3 Å². The SMILES string of the molecule is Cc1nc(C2CCCN(C(=O)CCC(=O)c3ccc(F)cc3)C2)n[nH]1. The second kappa shape index (κ2) is 7.55. The number of rotatable bonds is 5. The van der Waals surface area contributed by atoms with Crippen LogP contribution in [0.5, 0.6) is 0 Å². The molecule has 1 aliphatic heterocycles. The van der Waals surface area contributed by atoms with Gasteiger partial charge in [-0.05, 0) is 44.0 Å². The number of carbonyl (C=O) groups is 2. The van der Waals surface area contributed by atoms with E-state index >= 15 is 0 Å². The number of hydrogen-bond acceptors (Lipinski definition) is 4. The zero-order chi connectivity index (χ0) is 17.8. The molecule has 1 aliphatic rings. The van der Waals surface area contributed by atoms with Gasteiger partial charge in [-0.2, -0.15) is 5.10 Å². The zero-order valence-electron chi connectivity index (χ0n) is 14.2. The van der Waals surface area contributed by atoms with E-state index in [1.807, 2.05) is 6.92 Å². The summed E-state index contributed by atoms with van der Waals surface area (Å²) in [5, 5.41) is 7.03. The third kappa shape index (κ3) is 4.29. The van der Waals surface area contributed by atoms with Crippen LogP contribution in [0.3, 0.4) is 0 Å². The van der Waals surface area contributed by atoms with Gasteiger partial charge >= 0.3 is 0 Å². The van der Waals surface area contributed by atoms with Crippen molar-refractivity contribution in [3.05, 3.63) is 47.3 Å². The van der Waals surface area contributed by atoms with Crippen molar-refractivity contribution in [2.75, 3.05) is 13.1 Å². The maximum atomic E-state index is 12.9. The quantitative estimate of drug-likeness (QED) is 0.846. The summed E-state index contributed by atoms with van der Waals surface area (Å²) in [5.74, 6) is 1.09. The number of halogens is 1. The van der Waals surface area contributed by atoms with Gasteiger partial charge in [0, 0.05) is 37.4 Å². The zero-order valence-corrected chi connectivity index (χ0v) is 14.2. The summed E-state index contributed by atoms with van der Waals surface area (Å²) < 4.78 is 12.9. The lowest BCUT2D eigenvalue weighted by molar-refractivity contribution is -0.132. The van der Waals surface area contributed by atoms with Crippen LogP contribution in [-0.4, -0.2) is 44.9 Å². The molecule has 0 bridgehead atoms. The lowest BCUT2D eigenvalue weighted by atomic mass is 9.96. The molecule has 0 aliphatic carbocycles. The molecule has 132 valence electrons. The molecular weight excluding hydrogens is 323 g/mol. The molecule has 2 aromatic rings. The van der Waals surface area contributed by atoms with Crippen LogP contribution in [0.2, 0.25) is 0 Å². The number of piperidine rings is 1. The van der Waals surface area contributed by atoms with Crippen molar-refractivity contribution in [2.24, 2.45) is 0 Å². The van der Waals surface area contributed by atoms with Gasteiger partial charge < -0.3 is 4.90 Å². The van der Waals surface area contributed by atoms with Gasteiger partial charge in [0.25, 0.3) is 0 Å². The molecule has 0 saturated carbocycles. The molecule has 0 spiro atoms. The number of hydrogen-bond donors (Lipinski definition) is 1. The van der Waals surface area contributed by atoms with Crippen molar-refractivity contribution in [2.45, 2.75) is 38.5 Å². The molecule has 0 radical (unpaired) electrons. The standard InChI is InChI=1S/C18H21FN4O2/c1-12-20-18(22-21-12)14-3-2-10-23(11-14)17(25)9-8-16(24)13-4-6-15(19)7-5-13/h4-7,14H,2-3,8-11H2,1H3,(H,20,21,22). The molecule has 3 rings (SSSR count). The smallest absolute Gasteiger partial charge is 0.223 e. The molecule has 1 aromatic carbocycles. The highest BCUT2D eigenvalue weighted by molar-refractivity contribution is 5.97. The molecule has 1 saturated heterocycles. The third-order valence-corrected chi connectivity index (χ3v) is 4.49. The van der Waals surface area contributed by atoms with E-state index in [1.165, 1.54) is 24.3 Å². The summed E-state index contributed by atoms with van der Waals surface area (Å²) in [6.45, 7) is 3.13. The van der Waals surface area contributed by atoms with E-state index in [0.717, 1.165) is 24.5 Å². The summed E-state index contributed by atoms with van der Waals surface area (Å²) >= 11 is 0. The average Bonchev–Trinajstić information content (AvgIpc) is 3.06. The number of nitrogens with zero attached hydrogens (tertiary/aromatic N) is 3. The summed E-state index contributed by atoms with van der Waals surface area (Å²) in [6.07, 6.45) is 2.15. The number of ketones is 1. The molecule has 25 heavy (non-hydrogen) atoms. The van der Waals surface area contributed by atoms with E-state index in [1.54, 1.807) is 4.90 Å². The summed E-state index contributed by atoms with van der Waals surface area (Å²) in [4.78, 5) is 30.7. The Hall–Kier alpha value is -2.57. The highest BCUT2D eigenvalue weighted by Crippen LogP contribution is 2.25. The first-order chi connectivity index (χ1) is 12.0. The summed E-state index contributed by atoms with van der Waals surface area (Å²) in [6, 6.07) is 5.40. The number of benzene rings is 1. The van der Waals surface area contributed by atoms with Crippen molar-refractivity contribution < 1.29 is 14.0 Å². The van der Waals surface area contributed by atoms with Gasteiger partial charge in [0.05, 0.1) is 0 Å².